The standard InChI is InChI=1S/C13H20N2O4/c1-10(2)19-13-9-11(14-7-3-4-8-16)5-6-12(13)15(17)18/h5-6,9-10,14,16H,3-4,7-8H2,1-2H3. The molecule has 106 valence electrons. The molecule has 1 aromatic carbocycles. The molecule has 0 aliphatic rings. The molecule has 0 fully saturated rings. The highest BCUT2D eigenvalue weighted by Crippen LogP contribution is 2.30. The van der Waals surface area contributed by atoms with Gasteiger partial charge in [0.05, 0.1) is 11.0 Å². The maximum absolute atomic E-state index is 10.9. The summed E-state index contributed by atoms with van der Waals surface area (Å²) in [6, 6.07) is 4.73. The maximum Gasteiger partial charge on any atom is 0.311 e. The first-order valence-electron chi connectivity index (χ1n) is 6.34. The van der Waals surface area contributed by atoms with Crippen LogP contribution in [0.5, 0.6) is 5.75 Å². The molecule has 0 bridgehead atoms. The minimum Gasteiger partial charge on any atom is -0.484 e. The van der Waals surface area contributed by atoms with Gasteiger partial charge in [0.25, 0.3) is 0 Å². The van der Waals surface area contributed by atoms with Crippen LogP contribution in [-0.2, 0) is 0 Å². The van der Waals surface area contributed by atoms with Crippen molar-refractivity contribution in [1.29, 1.82) is 0 Å². The molecular formula is C13H20N2O4. The molecular weight excluding hydrogens is 248 g/mol. The number of anilines is 1. The van der Waals surface area contributed by atoms with Crippen molar-refractivity contribution >= 4 is 11.4 Å². The summed E-state index contributed by atoms with van der Waals surface area (Å²) in [7, 11) is 0. The average molecular weight is 268 g/mol. The summed E-state index contributed by atoms with van der Waals surface area (Å²) >= 11 is 0. The Labute approximate surface area is 112 Å². The number of hydrogen-bond acceptors (Lipinski definition) is 5. The lowest BCUT2D eigenvalue weighted by molar-refractivity contribution is -0.386. The number of nitro groups is 1. The Hall–Kier alpha value is -1.82. The van der Waals surface area contributed by atoms with Crippen LogP contribution in [0.15, 0.2) is 18.2 Å². The van der Waals surface area contributed by atoms with Gasteiger partial charge in [-0.25, -0.2) is 0 Å². The lowest BCUT2D eigenvalue weighted by Crippen LogP contribution is -2.08. The molecule has 6 nitrogen and oxygen atoms in total. The van der Waals surface area contributed by atoms with E-state index in [1.165, 1.54) is 6.07 Å². The molecule has 19 heavy (non-hydrogen) atoms. The number of nitro benzene ring substituents is 1. The number of unbranched alkanes of at least 4 members (excludes halogenated alkanes) is 1. The predicted octanol–water partition coefficient (Wildman–Crippen LogP) is 2.57. The number of rotatable bonds is 8. The molecule has 1 aromatic rings. The van der Waals surface area contributed by atoms with Gasteiger partial charge in [-0.1, -0.05) is 0 Å². The zero-order valence-corrected chi connectivity index (χ0v) is 11.3. The molecule has 0 heterocycles. The summed E-state index contributed by atoms with van der Waals surface area (Å²) in [6.45, 7) is 4.53. The normalized spacial score (nSPS) is 10.5. The minimum absolute atomic E-state index is 0.0328. The molecule has 0 aliphatic heterocycles. The lowest BCUT2D eigenvalue weighted by Gasteiger charge is -2.12. The van der Waals surface area contributed by atoms with Crippen molar-refractivity contribution in [1.82, 2.24) is 0 Å². The van der Waals surface area contributed by atoms with Gasteiger partial charge in [0.15, 0.2) is 5.75 Å². The molecule has 0 radical (unpaired) electrons. The van der Waals surface area contributed by atoms with Gasteiger partial charge >= 0.3 is 5.69 Å². The third-order valence-corrected chi connectivity index (χ3v) is 2.43. The number of aliphatic hydroxyl groups excluding tert-OH is 1. The molecule has 0 atom stereocenters. The van der Waals surface area contributed by atoms with Gasteiger partial charge in [0.1, 0.15) is 0 Å². The van der Waals surface area contributed by atoms with E-state index in [1.807, 2.05) is 13.8 Å². The first-order valence-corrected chi connectivity index (χ1v) is 6.34. The predicted molar refractivity (Wildman–Crippen MR) is 73.7 cm³/mol. The highest BCUT2D eigenvalue weighted by atomic mass is 16.6. The van der Waals surface area contributed by atoms with E-state index >= 15 is 0 Å². The first kappa shape index (κ1) is 15.2. The van der Waals surface area contributed by atoms with Gasteiger partial charge in [-0.15, -0.1) is 0 Å². The van der Waals surface area contributed by atoms with Crippen molar-refractivity contribution in [3.63, 3.8) is 0 Å². The van der Waals surface area contributed by atoms with Crippen LogP contribution in [0, 0.1) is 10.1 Å². The molecule has 1 rings (SSSR count). The van der Waals surface area contributed by atoms with Crippen LogP contribution in [-0.4, -0.2) is 29.3 Å². The molecule has 0 saturated carbocycles. The third kappa shape index (κ3) is 5.13. The van der Waals surface area contributed by atoms with E-state index in [4.69, 9.17) is 9.84 Å². The Morgan fingerprint density at radius 1 is 1.42 bits per heavy atom. The highest BCUT2D eigenvalue weighted by Gasteiger charge is 2.16. The van der Waals surface area contributed by atoms with Crippen molar-refractivity contribution in [2.45, 2.75) is 32.8 Å². The SMILES string of the molecule is CC(C)Oc1cc(NCCCCO)ccc1[N+](=O)[O-]. The Morgan fingerprint density at radius 3 is 2.74 bits per heavy atom. The summed E-state index contributed by atoms with van der Waals surface area (Å²) < 4.78 is 5.45. The summed E-state index contributed by atoms with van der Waals surface area (Å²) in [5, 5.41) is 22.7. The second-order valence-electron chi connectivity index (χ2n) is 4.46. The molecule has 6 heteroatoms. The Morgan fingerprint density at radius 2 is 2.16 bits per heavy atom. The van der Waals surface area contributed by atoms with Crippen LogP contribution in [0.1, 0.15) is 26.7 Å². The molecule has 2 N–H and O–H groups in total. The van der Waals surface area contributed by atoms with Gasteiger partial charge in [0.2, 0.25) is 0 Å². The summed E-state index contributed by atoms with van der Waals surface area (Å²) in [5.74, 6) is 0.271. The van der Waals surface area contributed by atoms with Gasteiger partial charge in [-0.05, 0) is 32.8 Å². The van der Waals surface area contributed by atoms with E-state index in [9.17, 15) is 10.1 Å². The van der Waals surface area contributed by atoms with Crippen molar-refractivity contribution < 1.29 is 14.8 Å². The minimum atomic E-state index is -0.451. The quantitative estimate of drug-likeness (QED) is 0.430. The third-order valence-electron chi connectivity index (χ3n) is 2.43. The van der Waals surface area contributed by atoms with Gasteiger partial charge in [-0.2, -0.15) is 0 Å². The first-order chi connectivity index (χ1) is 9.04. The molecule has 0 aliphatic carbocycles. The summed E-state index contributed by atoms with van der Waals surface area (Å²) in [6.07, 6.45) is 1.45. The van der Waals surface area contributed by atoms with Crippen molar-refractivity contribution in [2.24, 2.45) is 0 Å². The zero-order valence-electron chi connectivity index (χ0n) is 11.3. The molecule has 0 unspecified atom stereocenters. The average Bonchev–Trinajstić information content (AvgIpc) is 2.34. The van der Waals surface area contributed by atoms with Crippen LogP contribution in [0.4, 0.5) is 11.4 Å². The lowest BCUT2D eigenvalue weighted by atomic mass is 10.2. The van der Waals surface area contributed by atoms with E-state index in [-0.39, 0.29) is 24.1 Å². The Kier molecular flexibility index (Phi) is 6.08. The molecule has 0 aromatic heterocycles. The summed E-state index contributed by atoms with van der Waals surface area (Å²) in [4.78, 5) is 10.4. The second kappa shape index (κ2) is 7.58. The van der Waals surface area contributed by atoms with Crippen LogP contribution in [0.2, 0.25) is 0 Å². The van der Waals surface area contributed by atoms with Crippen LogP contribution < -0.4 is 10.1 Å². The smallest absolute Gasteiger partial charge is 0.311 e. The van der Waals surface area contributed by atoms with E-state index in [1.54, 1.807) is 12.1 Å². The second-order valence-corrected chi connectivity index (χ2v) is 4.46. The van der Waals surface area contributed by atoms with E-state index in [0.29, 0.717) is 6.54 Å². The van der Waals surface area contributed by atoms with Crippen LogP contribution in [0.25, 0.3) is 0 Å². The fourth-order valence-corrected chi connectivity index (χ4v) is 1.59. The van der Waals surface area contributed by atoms with E-state index in [0.717, 1.165) is 18.5 Å². The number of nitrogens with one attached hydrogen (secondary N) is 1. The molecule has 0 saturated heterocycles. The van der Waals surface area contributed by atoms with Crippen molar-refractivity contribution in [2.75, 3.05) is 18.5 Å². The van der Waals surface area contributed by atoms with Crippen molar-refractivity contribution in [3.05, 3.63) is 28.3 Å². The monoisotopic (exact) mass is 268 g/mol. The maximum atomic E-state index is 10.9. The number of ether oxygens (including phenoxy) is 1. The zero-order chi connectivity index (χ0) is 14.3. The fraction of sp³-hybridized carbons (Fsp3) is 0.538. The number of nitrogens with zero attached hydrogens (tertiary/aromatic N) is 1. The Bertz CT molecular complexity index is 421. The Balaban J connectivity index is 2.76. The van der Waals surface area contributed by atoms with Crippen LogP contribution >= 0.6 is 0 Å². The van der Waals surface area contributed by atoms with E-state index in [2.05, 4.69) is 5.32 Å². The van der Waals surface area contributed by atoms with E-state index < -0.39 is 4.92 Å². The van der Waals surface area contributed by atoms with Gasteiger partial charge < -0.3 is 15.2 Å². The number of benzene rings is 1. The molecule has 0 spiro atoms. The van der Waals surface area contributed by atoms with Gasteiger partial charge in [-0.3, -0.25) is 10.1 Å². The number of hydrogen-bond donors (Lipinski definition) is 2. The van der Waals surface area contributed by atoms with Crippen LogP contribution in [0.3, 0.4) is 0 Å². The van der Waals surface area contributed by atoms with Gasteiger partial charge in [0, 0.05) is 31.0 Å². The fourth-order valence-electron chi connectivity index (χ4n) is 1.59. The summed E-state index contributed by atoms with van der Waals surface area (Å²) in [5.41, 5.74) is 0.744. The van der Waals surface area contributed by atoms with Crippen molar-refractivity contribution in [3.8, 4) is 5.75 Å². The number of aliphatic hydroxyl groups is 1. The largest absolute Gasteiger partial charge is 0.484 e. The topological polar surface area (TPSA) is 84.6 Å². The molecule has 0 amide bonds. The highest BCUT2D eigenvalue weighted by molar-refractivity contribution is 5.58.